The Labute approximate surface area is 145 Å². The zero-order valence-electron chi connectivity index (χ0n) is 13.7. The molecule has 1 aromatic heterocycles. The Balaban J connectivity index is 1.68. The van der Waals surface area contributed by atoms with Crippen LogP contribution in [0.15, 0.2) is 54.6 Å². The third-order valence-electron chi connectivity index (χ3n) is 3.67. The Morgan fingerprint density at radius 1 is 1.20 bits per heavy atom. The second kappa shape index (κ2) is 7.59. The monoisotopic (exact) mass is 337 g/mol. The maximum absolute atomic E-state index is 12.2. The third kappa shape index (κ3) is 4.21. The summed E-state index contributed by atoms with van der Waals surface area (Å²) in [5, 5.41) is 22.0. The molecule has 25 heavy (non-hydrogen) atoms. The summed E-state index contributed by atoms with van der Waals surface area (Å²) in [7, 11) is 0. The van der Waals surface area contributed by atoms with Crippen molar-refractivity contribution < 1.29 is 9.90 Å². The fraction of sp³-hybridized carbons (Fsp3) is 0.167. The van der Waals surface area contributed by atoms with Gasteiger partial charge in [0.05, 0.1) is 12.6 Å². The first-order valence-corrected chi connectivity index (χ1v) is 7.88. The molecule has 0 radical (unpaired) electrons. The zero-order valence-corrected chi connectivity index (χ0v) is 13.7. The van der Waals surface area contributed by atoms with E-state index in [2.05, 4.69) is 25.8 Å². The summed E-state index contributed by atoms with van der Waals surface area (Å²) in [5.41, 5.74) is 2.25. The molecule has 0 aliphatic carbocycles. The molecule has 0 saturated heterocycles. The van der Waals surface area contributed by atoms with Crippen LogP contribution in [0.1, 0.15) is 17.4 Å². The Kier molecular flexibility index (Phi) is 5.06. The number of aliphatic hydroxyl groups excluding tert-OH is 1. The molecule has 0 bridgehead atoms. The Morgan fingerprint density at radius 3 is 2.68 bits per heavy atom. The number of amides is 2. The number of benzene rings is 2. The molecule has 7 nitrogen and oxygen atoms in total. The van der Waals surface area contributed by atoms with Gasteiger partial charge in [0.15, 0.2) is 5.82 Å². The molecular formula is C18H19N5O2. The maximum atomic E-state index is 12.2. The molecule has 2 aromatic carbocycles. The van der Waals surface area contributed by atoms with Gasteiger partial charge >= 0.3 is 6.03 Å². The second-order valence-corrected chi connectivity index (χ2v) is 5.57. The van der Waals surface area contributed by atoms with E-state index in [1.165, 1.54) is 0 Å². The highest BCUT2D eigenvalue weighted by Crippen LogP contribution is 2.19. The number of rotatable bonds is 5. The van der Waals surface area contributed by atoms with Crippen LogP contribution < -0.4 is 10.6 Å². The smallest absolute Gasteiger partial charge is 0.319 e. The predicted octanol–water partition coefficient (Wildman–Crippen LogP) is 2.64. The van der Waals surface area contributed by atoms with Gasteiger partial charge in [-0.25, -0.2) is 9.78 Å². The van der Waals surface area contributed by atoms with E-state index in [1.807, 2.05) is 49.4 Å². The van der Waals surface area contributed by atoms with E-state index in [1.54, 1.807) is 12.1 Å². The lowest BCUT2D eigenvalue weighted by Gasteiger charge is -2.17. The number of aryl methyl sites for hydroxylation is 1. The van der Waals surface area contributed by atoms with Crippen LogP contribution in [0.25, 0.3) is 11.4 Å². The summed E-state index contributed by atoms with van der Waals surface area (Å²) in [4.78, 5) is 16.5. The van der Waals surface area contributed by atoms with Crippen LogP contribution in [0.4, 0.5) is 10.5 Å². The number of anilines is 1. The summed E-state index contributed by atoms with van der Waals surface area (Å²) in [6, 6.07) is 15.7. The normalized spacial score (nSPS) is 11.8. The minimum atomic E-state index is -0.472. The van der Waals surface area contributed by atoms with Crippen molar-refractivity contribution >= 4 is 11.7 Å². The fourth-order valence-electron chi connectivity index (χ4n) is 2.45. The maximum Gasteiger partial charge on any atom is 0.319 e. The zero-order chi connectivity index (χ0) is 17.6. The highest BCUT2D eigenvalue weighted by molar-refractivity contribution is 5.90. The van der Waals surface area contributed by atoms with E-state index >= 15 is 0 Å². The summed E-state index contributed by atoms with van der Waals surface area (Å²) < 4.78 is 0. The van der Waals surface area contributed by atoms with Crippen LogP contribution in [-0.2, 0) is 0 Å². The van der Waals surface area contributed by atoms with E-state index in [0.29, 0.717) is 11.5 Å². The molecule has 0 aliphatic rings. The fourth-order valence-corrected chi connectivity index (χ4v) is 2.45. The van der Waals surface area contributed by atoms with E-state index in [0.717, 1.165) is 17.0 Å². The Hall–Kier alpha value is -3.19. The largest absolute Gasteiger partial charge is 0.394 e. The number of urea groups is 1. The van der Waals surface area contributed by atoms with Gasteiger partial charge in [0.2, 0.25) is 0 Å². The number of aliphatic hydroxyl groups is 1. The molecule has 3 rings (SSSR count). The van der Waals surface area contributed by atoms with Gasteiger partial charge in [-0.2, -0.15) is 5.10 Å². The number of hydrogen-bond donors (Lipinski definition) is 4. The van der Waals surface area contributed by atoms with Crippen LogP contribution in [0.5, 0.6) is 0 Å². The molecule has 0 aliphatic heterocycles. The number of carbonyl (C=O) groups excluding carboxylic acids is 1. The molecule has 2 amide bonds. The molecule has 0 unspecified atom stereocenters. The summed E-state index contributed by atoms with van der Waals surface area (Å²) in [5.74, 6) is 1.29. The minimum Gasteiger partial charge on any atom is -0.394 e. The van der Waals surface area contributed by atoms with E-state index in [9.17, 15) is 9.90 Å². The van der Waals surface area contributed by atoms with Gasteiger partial charge < -0.3 is 15.7 Å². The van der Waals surface area contributed by atoms with Gasteiger partial charge in [0.1, 0.15) is 5.82 Å². The molecule has 0 fully saturated rings. The number of aromatic amines is 1. The van der Waals surface area contributed by atoms with Crippen molar-refractivity contribution in [1.29, 1.82) is 0 Å². The lowest BCUT2D eigenvalue weighted by Crippen LogP contribution is -2.34. The van der Waals surface area contributed by atoms with Crippen LogP contribution in [0, 0.1) is 6.92 Å². The highest BCUT2D eigenvalue weighted by atomic mass is 16.3. The van der Waals surface area contributed by atoms with Gasteiger partial charge in [-0.3, -0.25) is 5.10 Å². The highest BCUT2D eigenvalue weighted by Gasteiger charge is 2.13. The number of hydrogen-bond acceptors (Lipinski definition) is 4. The quantitative estimate of drug-likeness (QED) is 0.574. The van der Waals surface area contributed by atoms with Crippen LogP contribution in [0.3, 0.4) is 0 Å². The number of nitrogens with one attached hydrogen (secondary N) is 3. The first-order chi connectivity index (χ1) is 12.2. The van der Waals surface area contributed by atoms with Gasteiger partial charge in [0, 0.05) is 11.3 Å². The Morgan fingerprint density at radius 2 is 2.00 bits per heavy atom. The molecule has 128 valence electrons. The predicted molar refractivity (Wildman–Crippen MR) is 95.0 cm³/mol. The third-order valence-corrected chi connectivity index (χ3v) is 3.67. The lowest BCUT2D eigenvalue weighted by atomic mass is 10.1. The number of nitrogens with zero attached hydrogens (tertiary/aromatic N) is 2. The van der Waals surface area contributed by atoms with Crippen molar-refractivity contribution in [3.8, 4) is 11.4 Å². The van der Waals surface area contributed by atoms with Crippen molar-refractivity contribution in [1.82, 2.24) is 20.5 Å². The van der Waals surface area contributed by atoms with E-state index in [-0.39, 0.29) is 6.61 Å². The van der Waals surface area contributed by atoms with Crippen molar-refractivity contribution in [2.45, 2.75) is 13.0 Å². The average molecular weight is 337 g/mol. The van der Waals surface area contributed by atoms with E-state index in [4.69, 9.17) is 0 Å². The first-order valence-electron chi connectivity index (χ1n) is 7.88. The molecular weight excluding hydrogens is 318 g/mol. The molecule has 0 saturated carbocycles. The summed E-state index contributed by atoms with van der Waals surface area (Å²) in [6.45, 7) is 1.64. The topological polar surface area (TPSA) is 103 Å². The van der Waals surface area contributed by atoms with Crippen molar-refractivity contribution in [3.63, 3.8) is 0 Å². The van der Waals surface area contributed by atoms with Gasteiger partial charge in [-0.05, 0) is 24.6 Å². The van der Waals surface area contributed by atoms with Gasteiger partial charge in [-0.15, -0.1) is 0 Å². The Bertz CT molecular complexity index is 847. The SMILES string of the molecule is Cc1nc(-c2cccc(NC(=O)N[C@H](CO)c3ccccc3)c2)n[nH]1. The first kappa shape index (κ1) is 16.7. The molecule has 4 N–H and O–H groups in total. The second-order valence-electron chi connectivity index (χ2n) is 5.57. The van der Waals surface area contributed by atoms with Crippen molar-refractivity contribution in [2.24, 2.45) is 0 Å². The van der Waals surface area contributed by atoms with E-state index < -0.39 is 12.1 Å². The summed E-state index contributed by atoms with van der Waals surface area (Å²) in [6.07, 6.45) is 0. The molecule has 1 atom stereocenters. The number of H-pyrrole nitrogens is 1. The average Bonchev–Trinajstić information content (AvgIpc) is 3.07. The van der Waals surface area contributed by atoms with Crippen molar-refractivity contribution in [3.05, 3.63) is 66.0 Å². The molecule has 0 spiro atoms. The minimum absolute atomic E-state index is 0.187. The van der Waals surface area contributed by atoms with Crippen molar-refractivity contribution in [2.75, 3.05) is 11.9 Å². The standard InChI is InChI=1S/C18H19N5O2/c1-12-19-17(23-22-12)14-8-5-9-15(10-14)20-18(25)21-16(11-24)13-6-3-2-4-7-13/h2-10,16,24H,11H2,1H3,(H,19,22,23)(H2,20,21,25)/t16-/m1/s1. The van der Waals surface area contributed by atoms with Crippen LogP contribution in [0.2, 0.25) is 0 Å². The summed E-state index contributed by atoms with van der Waals surface area (Å²) >= 11 is 0. The lowest BCUT2D eigenvalue weighted by molar-refractivity contribution is 0.225. The van der Waals surface area contributed by atoms with Crippen LogP contribution in [-0.4, -0.2) is 32.9 Å². The molecule has 1 heterocycles. The molecule has 3 aromatic rings. The van der Waals surface area contributed by atoms with Crippen LogP contribution >= 0.6 is 0 Å². The molecule has 7 heteroatoms. The van der Waals surface area contributed by atoms with Gasteiger partial charge in [-0.1, -0.05) is 42.5 Å². The van der Waals surface area contributed by atoms with Gasteiger partial charge in [0.25, 0.3) is 0 Å². The number of aromatic nitrogens is 3. The number of carbonyl (C=O) groups is 1.